The number of rotatable bonds is 6. The number of ether oxygens (including phenoxy) is 1. The Labute approximate surface area is 116 Å². The van der Waals surface area contributed by atoms with Crippen molar-refractivity contribution in [2.24, 2.45) is 0 Å². The molecule has 1 aromatic heterocycles. The van der Waals surface area contributed by atoms with Crippen molar-refractivity contribution < 1.29 is 4.74 Å². The lowest BCUT2D eigenvalue weighted by molar-refractivity contribution is 0.210. The molecule has 0 spiro atoms. The van der Waals surface area contributed by atoms with Crippen molar-refractivity contribution in [2.75, 3.05) is 31.3 Å². The van der Waals surface area contributed by atoms with Crippen molar-refractivity contribution >= 4 is 23.3 Å². The number of nitrogens with two attached hydrogens (primary N) is 1. The Morgan fingerprint density at radius 2 is 2.05 bits per heavy atom. The number of benzene rings is 1. The lowest BCUT2D eigenvalue weighted by Gasteiger charge is -2.10. The van der Waals surface area contributed by atoms with E-state index in [0.717, 1.165) is 9.92 Å². The van der Waals surface area contributed by atoms with Gasteiger partial charge in [0.15, 0.2) is 5.82 Å². The van der Waals surface area contributed by atoms with E-state index in [4.69, 9.17) is 10.5 Å². The fourth-order valence-electron chi connectivity index (χ4n) is 1.47. The first-order valence-corrected chi connectivity index (χ1v) is 6.69. The number of nitrogens with zero attached hydrogens (tertiary/aromatic N) is 2. The number of nitrogens with one attached hydrogen (secondary N) is 1. The molecule has 100 valence electrons. The zero-order valence-electron chi connectivity index (χ0n) is 10.7. The summed E-state index contributed by atoms with van der Waals surface area (Å²) in [6.07, 6.45) is 1.51. The van der Waals surface area contributed by atoms with Crippen LogP contribution in [0, 0.1) is 0 Å². The summed E-state index contributed by atoms with van der Waals surface area (Å²) >= 11 is 1.52. The molecule has 3 N–H and O–H groups in total. The minimum absolute atomic E-state index is 0.562. The van der Waals surface area contributed by atoms with Crippen LogP contribution < -0.4 is 11.1 Å². The molecule has 0 aliphatic carbocycles. The predicted molar refractivity (Wildman–Crippen MR) is 77.4 cm³/mol. The highest BCUT2D eigenvalue weighted by Crippen LogP contribution is 2.32. The first kappa shape index (κ1) is 13.6. The van der Waals surface area contributed by atoms with E-state index >= 15 is 0 Å². The van der Waals surface area contributed by atoms with E-state index in [9.17, 15) is 0 Å². The maximum atomic E-state index is 6.06. The SMILES string of the molecule is COCCNc1ncnc(Sc2ccccc2)c1N. The Morgan fingerprint density at radius 3 is 2.79 bits per heavy atom. The Morgan fingerprint density at radius 1 is 1.26 bits per heavy atom. The van der Waals surface area contributed by atoms with Crippen LogP contribution in [0.25, 0.3) is 0 Å². The Hall–Kier alpha value is -1.79. The zero-order valence-corrected chi connectivity index (χ0v) is 11.5. The average Bonchev–Trinajstić information content (AvgIpc) is 2.44. The molecule has 0 radical (unpaired) electrons. The van der Waals surface area contributed by atoms with E-state index < -0.39 is 0 Å². The first-order chi connectivity index (χ1) is 9.31. The largest absolute Gasteiger partial charge is 0.394 e. The van der Waals surface area contributed by atoms with E-state index in [1.54, 1.807) is 7.11 Å². The number of aromatic nitrogens is 2. The number of hydrogen-bond acceptors (Lipinski definition) is 6. The normalized spacial score (nSPS) is 10.4. The lowest BCUT2D eigenvalue weighted by Crippen LogP contribution is -2.11. The molecule has 0 aliphatic rings. The topological polar surface area (TPSA) is 73.1 Å². The van der Waals surface area contributed by atoms with Crippen LogP contribution >= 0.6 is 11.8 Å². The standard InChI is InChI=1S/C13H16N4OS/c1-18-8-7-15-12-11(14)13(17-9-16-12)19-10-5-3-2-4-6-10/h2-6,9H,7-8,14H2,1H3,(H,15,16,17). The van der Waals surface area contributed by atoms with Crippen molar-refractivity contribution in [3.63, 3.8) is 0 Å². The Bertz CT molecular complexity index is 521. The van der Waals surface area contributed by atoms with Gasteiger partial charge in [-0.05, 0) is 12.1 Å². The summed E-state index contributed by atoms with van der Waals surface area (Å²) in [6, 6.07) is 9.98. The highest BCUT2D eigenvalue weighted by atomic mass is 32.2. The molecule has 19 heavy (non-hydrogen) atoms. The Kier molecular flexibility index (Phi) is 5.00. The van der Waals surface area contributed by atoms with Gasteiger partial charge < -0.3 is 15.8 Å². The molecule has 1 heterocycles. The highest BCUT2D eigenvalue weighted by molar-refractivity contribution is 7.99. The molecule has 0 unspecified atom stereocenters. The molecule has 6 heteroatoms. The van der Waals surface area contributed by atoms with E-state index in [-0.39, 0.29) is 0 Å². The summed E-state index contributed by atoms with van der Waals surface area (Å²) in [4.78, 5) is 9.45. The van der Waals surface area contributed by atoms with Gasteiger partial charge in [-0.15, -0.1) is 0 Å². The van der Waals surface area contributed by atoms with E-state index in [0.29, 0.717) is 24.7 Å². The average molecular weight is 276 g/mol. The van der Waals surface area contributed by atoms with Gasteiger partial charge in [-0.3, -0.25) is 0 Å². The van der Waals surface area contributed by atoms with Crippen LogP contribution in [0.1, 0.15) is 0 Å². The van der Waals surface area contributed by atoms with Gasteiger partial charge in [0, 0.05) is 18.6 Å². The van der Waals surface area contributed by atoms with Gasteiger partial charge in [-0.25, -0.2) is 9.97 Å². The molecule has 0 bridgehead atoms. The molecule has 0 amide bonds. The minimum Gasteiger partial charge on any atom is -0.394 e. The minimum atomic E-state index is 0.562. The molecule has 0 fully saturated rings. The van der Waals surface area contributed by atoms with Gasteiger partial charge in [0.05, 0.1) is 6.61 Å². The van der Waals surface area contributed by atoms with E-state index in [1.807, 2.05) is 30.3 Å². The number of nitrogen functional groups attached to an aromatic ring is 1. The molecule has 2 rings (SSSR count). The molecule has 0 aliphatic heterocycles. The summed E-state index contributed by atoms with van der Waals surface area (Å²) in [5.74, 6) is 0.644. The smallest absolute Gasteiger partial charge is 0.153 e. The van der Waals surface area contributed by atoms with Crippen LogP contribution in [0.3, 0.4) is 0 Å². The van der Waals surface area contributed by atoms with Crippen molar-refractivity contribution in [3.05, 3.63) is 36.7 Å². The van der Waals surface area contributed by atoms with E-state index in [2.05, 4.69) is 15.3 Å². The highest BCUT2D eigenvalue weighted by Gasteiger charge is 2.08. The summed E-state index contributed by atoms with van der Waals surface area (Å²) in [5, 5.41) is 3.88. The second-order valence-electron chi connectivity index (χ2n) is 3.78. The van der Waals surface area contributed by atoms with Crippen LogP contribution in [0.15, 0.2) is 46.6 Å². The van der Waals surface area contributed by atoms with Crippen molar-refractivity contribution in [1.82, 2.24) is 9.97 Å². The first-order valence-electron chi connectivity index (χ1n) is 5.87. The molecule has 1 aromatic carbocycles. The van der Waals surface area contributed by atoms with E-state index in [1.165, 1.54) is 18.1 Å². The van der Waals surface area contributed by atoms with Crippen molar-refractivity contribution in [3.8, 4) is 0 Å². The molecule has 2 aromatic rings. The number of methoxy groups -OCH3 is 1. The maximum absolute atomic E-state index is 6.06. The van der Waals surface area contributed by atoms with Gasteiger partial charge >= 0.3 is 0 Å². The summed E-state index contributed by atoms with van der Waals surface area (Å²) < 4.78 is 4.98. The summed E-state index contributed by atoms with van der Waals surface area (Å²) in [6.45, 7) is 1.26. The van der Waals surface area contributed by atoms with Crippen LogP contribution in [0.4, 0.5) is 11.5 Å². The van der Waals surface area contributed by atoms with Crippen LogP contribution in [-0.2, 0) is 4.74 Å². The third-order valence-corrected chi connectivity index (χ3v) is 3.43. The van der Waals surface area contributed by atoms with Gasteiger partial charge in [-0.1, -0.05) is 30.0 Å². The van der Waals surface area contributed by atoms with Crippen molar-refractivity contribution in [1.29, 1.82) is 0 Å². The molecular formula is C13H16N4OS. The van der Waals surface area contributed by atoms with Gasteiger partial charge in [0.2, 0.25) is 0 Å². The van der Waals surface area contributed by atoms with Crippen LogP contribution in [0.2, 0.25) is 0 Å². The lowest BCUT2D eigenvalue weighted by atomic mass is 10.4. The second-order valence-corrected chi connectivity index (χ2v) is 4.84. The summed E-state index contributed by atoms with van der Waals surface area (Å²) in [5.41, 5.74) is 6.63. The third-order valence-electron chi connectivity index (χ3n) is 2.40. The third kappa shape index (κ3) is 3.84. The molecule has 5 nitrogen and oxygen atoms in total. The fourth-order valence-corrected chi connectivity index (χ4v) is 2.30. The number of anilines is 2. The van der Waals surface area contributed by atoms with Crippen LogP contribution in [0.5, 0.6) is 0 Å². The Balaban J connectivity index is 2.11. The molecule has 0 atom stereocenters. The van der Waals surface area contributed by atoms with Crippen molar-refractivity contribution in [2.45, 2.75) is 9.92 Å². The van der Waals surface area contributed by atoms with Gasteiger partial charge in [-0.2, -0.15) is 0 Å². The fraction of sp³-hybridized carbons (Fsp3) is 0.231. The second kappa shape index (κ2) is 6.96. The molecule has 0 saturated heterocycles. The maximum Gasteiger partial charge on any atom is 0.153 e. The quantitative estimate of drug-likeness (QED) is 0.623. The molecular weight excluding hydrogens is 260 g/mol. The van der Waals surface area contributed by atoms with Gasteiger partial charge in [0.25, 0.3) is 0 Å². The van der Waals surface area contributed by atoms with Gasteiger partial charge in [0.1, 0.15) is 17.0 Å². The monoisotopic (exact) mass is 276 g/mol. The molecule has 0 saturated carbocycles. The predicted octanol–water partition coefficient (Wildman–Crippen LogP) is 2.27. The van der Waals surface area contributed by atoms with Crippen LogP contribution in [-0.4, -0.2) is 30.2 Å². The zero-order chi connectivity index (χ0) is 13.5. The summed E-state index contributed by atoms with van der Waals surface area (Å²) in [7, 11) is 1.65. The number of hydrogen-bond donors (Lipinski definition) is 2.